The Morgan fingerprint density at radius 2 is 0.840 bits per heavy atom. The predicted molar refractivity (Wildman–Crippen MR) is 114 cm³/mol. The van der Waals surface area contributed by atoms with Crippen LogP contribution in [0.1, 0.15) is 122 Å². The highest BCUT2D eigenvalue weighted by molar-refractivity contribution is 8.00. The third-order valence-corrected chi connectivity index (χ3v) is 8.64. The molecule has 0 spiro atoms. The van der Waals surface area contributed by atoms with Crippen LogP contribution in [0.15, 0.2) is 0 Å². The standard InChI is InChI=1S/C23H43NS/c1-2-4-9-16-23-19-18-21(13-7-3-1)24-20-12-8-5-6-10-15-22(25-23)17-11-14-20/h20-24H,1-19H2. The average Bonchev–Trinajstić information content (AvgIpc) is 2.67. The van der Waals surface area contributed by atoms with E-state index in [2.05, 4.69) is 17.1 Å². The maximum absolute atomic E-state index is 4.18. The first-order valence-corrected chi connectivity index (χ1v) is 12.8. The predicted octanol–water partition coefficient (Wildman–Crippen LogP) is 7.24. The SMILES string of the molecule is C1CCCCC2CCC(CCC1)NC1CCCCCCC(CCC1)S2. The minimum atomic E-state index is 0.812. The Bertz CT molecular complexity index is 313. The van der Waals surface area contributed by atoms with Gasteiger partial charge >= 0.3 is 0 Å². The number of thioether (sulfide) groups is 1. The lowest BCUT2D eigenvalue weighted by molar-refractivity contribution is 0.333. The van der Waals surface area contributed by atoms with E-state index in [1.165, 1.54) is 122 Å². The number of hydrogen-bond acceptors (Lipinski definition) is 2. The zero-order chi connectivity index (χ0) is 17.2. The van der Waals surface area contributed by atoms with Crippen molar-refractivity contribution in [1.29, 1.82) is 0 Å². The molecule has 4 atom stereocenters. The second kappa shape index (κ2) is 11.9. The molecule has 3 fully saturated rings. The zero-order valence-corrected chi connectivity index (χ0v) is 17.5. The summed E-state index contributed by atoms with van der Waals surface area (Å²) in [4.78, 5) is 0. The fourth-order valence-corrected chi connectivity index (χ4v) is 7.08. The van der Waals surface area contributed by atoms with Crippen molar-refractivity contribution < 1.29 is 0 Å². The third kappa shape index (κ3) is 7.83. The molecule has 1 saturated heterocycles. The van der Waals surface area contributed by atoms with E-state index in [0.29, 0.717) is 0 Å². The van der Waals surface area contributed by atoms with Crippen molar-refractivity contribution in [2.24, 2.45) is 0 Å². The summed E-state index contributed by atoms with van der Waals surface area (Å²) in [6, 6.07) is 1.63. The Morgan fingerprint density at radius 1 is 0.400 bits per heavy atom. The van der Waals surface area contributed by atoms with Crippen LogP contribution in [0.3, 0.4) is 0 Å². The van der Waals surface area contributed by atoms with E-state index < -0.39 is 0 Å². The molecule has 1 nitrogen and oxygen atoms in total. The molecule has 1 aliphatic heterocycles. The summed E-state index contributed by atoms with van der Waals surface area (Å²) < 4.78 is 0. The quantitative estimate of drug-likeness (QED) is 0.485. The van der Waals surface area contributed by atoms with E-state index in [-0.39, 0.29) is 0 Å². The highest BCUT2D eigenvalue weighted by Crippen LogP contribution is 2.35. The summed E-state index contributed by atoms with van der Waals surface area (Å²) >= 11 is 2.43. The highest BCUT2D eigenvalue weighted by Gasteiger charge is 2.23. The fraction of sp³-hybridized carbons (Fsp3) is 1.00. The Balaban J connectivity index is 1.70. The van der Waals surface area contributed by atoms with Crippen LogP contribution in [0.4, 0.5) is 0 Å². The van der Waals surface area contributed by atoms with Crippen LogP contribution < -0.4 is 5.32 Å². The molecule has 146 valence electrons. The molecule has 0 aromatic carbocycles. The highest BCUT2D eigenvalue weighted by atomic mass is 32.2. The number of fused-ring (bicyclic) bond motifs is 7. The van der Waals surface area contributed by atoms with Gasteiger partial charge in [0.15, 0.2) is 0 Å². The molecule has 0 aromatic heterocycles. The molecule has 4 unspecified atom stereocenters. The number of hydrogen-bond donors (Lipinski definition) is 1. The van der Waals surface area contributed by atoms with Gasteiger partial charge in [0.25, 0.3) is 0 Å². The summed E-state index contributed by atoms with van der Waals surface area (Å²) in [6.07, 6.45) is 28.0. The van der Waals surface area contributed by atoms with Crippen molar-refractivity contribution in [2.45, 2.75) is 145 Å². The van der Waals surface area contributed by atoms with Crippen molar-refractivity contribution >= 4 is 11.8 Å². The molecule has 2 aliphatic carbocycles. The second-order valence-electron chi connectivity index (χ2n) is 9.14. The summed E-state index contributed by atoms with van der Waals surface area (Å²) in [5, 5.41) is 6.09. The normalized spacial score (nSPS) is 37.4. The van der Waals surface area contributed by atoms with Crippen LogP contribution in [0, 0.1) is 0 Å². The van der Waals surface area contributed by atoms with Crippen LogP contribution in [-0.2, 0) is 0 Å². The van der Waals surface area contributed by atoms with Crippen molar-refractivity contribution in [3.05, 3.63) is 0 Å². The largest absolute Gasteiger partial charge is 0.311 e. The molecule has 3 aliphatic rings. The van der Waals surface area contributed by atoms with E-state index in [1.54, 1.807) is 0 Å². The monoisotopic (exact) mass is 365 g/mol. The van der Waals surface area contributed by atoms with Gasteiger partial charge in [-0.25, -0.2) is 0 Å². The first-order chi connectivity index (χ1) is 12.4. The molecule has 4 bridgehead atoms. The smallest absolute Gasteiger partial charge is 0.00700 e. The van der Waals surface area contributed by atoms with E-state index >= 15 is 0 Å². The minimum absolute atomic E-state index is 0.812. The van der Waals surface area contributed by atoms with Crippen molar-refractivity contribution in [2.75, 3.05) is 0 Å². The van der Waals surface area contributed by atoms with Gasteiger partial charge in [-0.2, -0.15) is 11.8 Å². The van der Waals surface area contributed by atoms with Crippen LogP contribution in [-0.4, -0.2) is 22.6 Å². The maximum Gasteiger partial charge on any atom is 0.00700 e. The van der Waals surface area contributed by atoms with Gasteiger partial charge in [-0.1, -0.05) is 70.6 Å². The molecule has 3 rings (SSSR count). The van der Waals surface area contributed by atoms with Gasteiger partial charge in [-0.3, -0.25) is 0 Å². The maximum atomic E-state index is 4.18. The van der Waals surface area contributed by atoms with E-state index in [9.17, 15) is 0 Å². The van der Waals surface area contributed by atoms with Crippen molar-refractivity contribution in [3.8, 4) is 0 Å². The molecule has 1 heterocycles. The van der Waals surface area contributed by atoms with Crippen molar-refractivity contribution in [3.63, 3.8) is 0 Å². The molecule has 0 radical (unpaired) electrons. The Labute approximate surface area is 161 Å². The Hall–Kier alpha value is 0.310. The van der Waals surface area contributed by atoms with Crippen LogP contribution in [0.5, 0.6) is 0 Å². The van der Waals surface area contributed by atoms with Gasteiger partial charge < -0.3 is 5.32 Å². The second-order valence-corrected chi connectivity index (χ2v) is 10.7. The first-order valence-electron chi connectivity index (χ1n) is 11.8. The summed E-state index contributed by atoms with van der Waals surface area (Å²) in [7, 11) is 0. The lowest BCUT2D eigenvalue weighted by atomic mass is 9.95. The van der Waals surface area contributed by atoms with Crippen LogP contribution in [0.2, 0.25) is 0 Å². The van der Waals surface area contributed by atoms with Gasteiger partial charge in [-0.05, 0) is 51.4 Å². The lowest BCUT2D eigenvalue weighted by Gasteiger charge is -2.28. The van der Waals surface area contributed by atoms with Gasteiger partial charge in [0.05, 0.1) is 0 Å². The molecule has 2 heteroatoms. The number of nitrogens with one attached hydrogen (secondary N) is 1. The molecule has 0 amide bonds. The molecule has 1 N–H and O–H groups in total. The average molecular weight is 366 g/mol. The molecule has 2 saturated carbocycles. The minimum Gasteiger partial charge on any atom is -0.311 e. The van der Waals surface area contributed by atoms with E-state index in [0.717, 1.165) is 22.6 Å². The molecule has 25 heavy (non-hydrogen) atoms. The fourth-order valence-electron chi connectivity index (χ4n) is 5.35. The van der Waals surface area contributed by atoms with Gasteiger partial charge in [0, 0.05) is 22.6 Å². The summed E-state index contributed by atoms with van der Waals surface area (Å²) in [5.41, 5.74) is 0. The Kier molecular flexibility index (Phi) is 9.55. The lowest BCUT2D eigenvalue weighted by Crippen LogP contribution is -2.38. The van der Waals surface area contributed by atoms with Crippen LogP contribution >= 0.6 is 11.8 Å². The van der Waals surface area contributed by atoms with Crippen molar-refractivity contribution in [1.82, 2.24) is 5.32 Å². The van der Waals surface area contributed by atoms with E-state index in [4.69, 9.17) is 0 Å². The third-order valence-electron chi connectivity index (χ3n) is 6.93. The zero-order valence-electron chi connectivity index (χ0n) is 16.7. The summed E-state index contributed by atoms with van der Waals surface area (Å²) in [5.74, 6) is 0. The first kappa shape index (κ1) is 20.1. The Morgan fingerprint density at radius 3 is 1.52 bits per heavy atom. The van der Waals surface area contributed by atoms with Gasteiger partial charge in [0.2, 0.25) is 0 Å². The number of rotatable bonds is 0. The van der Waals surface area contributed by atoms with Gasteiger partial charge in [-0.15, -0.1) is 0 Å². The molecule has 0 aromatic rings. The van der Waals surface area contributed by atoms with E-state index in [1.807, 2.05) is 0 Å². The topological polar surface area (TPSA) is 12.0 Å². The molecular weight excluding hydrogens is 322 g/mol. The molecular formula is C23H43NS. The summed E-state index contributed by atoms with van der Waals surface area (Å²) in [6.45, 7) is 0. The van der Waals surface area contributed by atoms with Gasteiger partial charge in [0.1, 0.15) is 0 Å². The van der Waals surface area contributed by atoms with Crippen LogP contribution in [0.25, 0.3) is 0 Å².